The van der Waals surface area contributed by atoms with Gasteiger partial charge in [-0.2, -0.15) is 0 Å². The van der Waals surface area contributed by atoms with Gasteiger partial charge in [0.25, 0.3) is 5.56 Å². The first-order chi connectivity index (χ1) is 9.97. The lowest BCUT2D eigenvalue weighted by atomic mass is 10.3. The summed E-state index contributed by atoms with van der Waals surface area (Å²) in [6.07, 6.45) is 0. The third-order valence-electron chi connectivity index (χ3n) is 3.17. The SMILES string of the molecule is Cn1c(=O)c2[nH]c(Sc3ccc(N)cc3)nc2n(C)c1=O. The molecule has 3 N–H and O–H groups in total. The molecule has 0 amide bonds. The summed E-state index contributed by atoms with van der Waals surface area (Å²) >= 11 is 1.37. The second kappa shape index (κ2) is 4.81. The number of aromatic nitrogens is 4. The Morgan fingerprint density at radius 2 is 1.81 bits per heavy atom. The fourth-order valence-corrected chi connectivity index (χ4v) is 2.78. The fraction of sp³-hybridized carbons (Fsp3) is 0.154. The summed E-state index contributed by atoms with van der Waals surface area (Å²) in [7, 11) is 3.03. The van der Waals surface area contributed by atoms with Gasteiger partial charge in [0.05, 0.1) is 0 Å². The van der Waals surface area contributed by atoms with Gasteiger partial charge in [-0.05, 0) is 24.3 Å². The summed E-state index contributed by atoms with van der Waals surface area (Å²) in [6, 6.07) is 7.31. The van der Waals surface area contributed by atoms with Crippen LogP contribution in [0, 0.1) is 0 Å². The number of imidazole rings is 1. The summed E-state index contributed by atoms with van der Waals surface area (Å²) in [4.78, 5) is 32.1. The lowest BCUT2D eigenvalue weighted by molar-refractivity contribution is 0.708. The average molecular weight is 303 g/mol. The highest BCUT2D eigenvalue weighted by molar-refractivity contribution is 7.99. The Kier molecular flexibility index (Phi) is 3.09. The molecule has 0 atom stereocenters. The van der Waals surface area contributed by atoms with Crippen molar-refractivity contribution in [2.45, 2.75) is 10.1 Å². The Hall–Kier alpha value is -2.48. The van der Waals surface area contributed by atoms with Gasteiger partial charge in [-0.25, -0.2) is 9.78 Å². The van der Waals surface area contributed by atoms with Crippen molar-refractivity contribution >= 4 is 28.6 Å². The van der Waals surface area contributed by atoms with E-state index >= 15 is 0 Å². The highest BCUT2D eigenvalue weighted by Crippen LogP contribution is 2.26. The molecule has 0 aliphatic heterocycles. The Bertz CT molecular complexity index is 936. The van der Waals surface area contributed by atoms with Crippen molar-refractivity contribution in [3.63, 3.8) is 0 Å². The monoisotopic (exact) mass is 303 g/mol. The first kappa shape index (κ1) is 13.5. The predicted octanol–water partition coefficient (Wildman–Crippen LogP) is 0.694. The first-order valence-corrected chi connectivity index (χ1v) is 6.98. The van der Waals surface area contributed by atoms with Crippen molar-refractivity contribution in [2.75, 3.05) is 5.73 Å². The van der Waals surface area contributed by atoms with Crippen LogP contribution in [0.4, 0.5) is 5.69 Å². The van der Waals surface area contributed by atoms with Crippen LogP contribution in [0.1, 0.15) is 0 Å². The minimum Gasteiger partial charge on any atom is -0.399 e. The Morgan fingerprint density at radius 3 is 2.48 bits per heavy atom. The number of nitrogens with two attached hydrogens (primary N) is 1. The zero-order chi connectivity index (χ0) is 15.1. The molecule has 0 fully saturated rings. The van der Waals surface area contributed by atoms with Crippen LogP contribution in [0.15, 0.2) is 43.9 Å². The van der Waals surface area contributed by atoms with Gasteiger partial charge in [0.2, 0.25) is 0 Å². The summed E-state index contributed by atoms with van der Waals surface area (Å²) in [5, 5.41) is 0.549. The largest absolute Gasteiger partial charge is 0.399 e. The zero-order valence-electron chi connectivity index (χ0n) is 11.5. The van der Waals surface area contributed by atoms with Crippen LogP contribution in [0.5, 0.6) is 0 Å². The molecule has 0 unspecified atom stereocenters. The Balaban J connectivity index is 2.12. The first-order valence-electron chi connectivity index (χ1n) is 6.16. The molecule has 0 radical (unpaired) electrons. The topological polar surface area (TPSA) is 98.7 Å². The molecule has 0 spiro atoms. The molecule has 21 heavy (non-hydrogen) atoms. The summed E-state index contributed by atoms with van der Waals surface area (Å²) < 4.78 is 2.40. The van der Waals surface area contributed by atoms with Crippen molar-refractivity contribution in [1.29, 1.82) is 0 Å². The summed E-state index contributed by atoms with van der Waals surface area (Å²) in [5.74, 6) is 0. The predicted molar refractivity (Wildman–Crippen MR) is 81.6 cm³/mol. The molecule has 0 saturated carbocycles. The number of H-pyrrole nitrogens is 1. The maximum Gasteiger partial charge on any atom is 0.332 e. The standard InChI is InChI=1S/C13H13N5O2S/c1-17-10-9(11(19)18(2)13(17)20)15-12(16-10)21-8-5-3-7(14)4-6-8/h3-6H,14H2,1-2H3,(H,15,16). The van der Waals surface area contributed by atoms with E-state index in [4.69, 9.17) is 5.73 Å². The number of nitrogens with one attached hydrogen (secondary N) is 1. The number of hydrogen-bond acceptors (Lipinski definition) is 5. The van der Waals surface area contributed by atoms with Crippen molar-refractivity contribution < 1.29 is 0 Å². The van der Waals surface area contributed by atoms with E-state index in [0.717, 1.165) is 9.46 Å². The van der Waals surface area contributed by atoms with Crippen LogP contribution in [0.2, 0.25) is 0 Å². The van der Waals surface area contributed by atoms with Crippen molar-refractivity contribution in [3.05, 3.63) is 45.1 Å². The molecule has 8 heteroatoms. The van der Waals surface area contributed by atoms with Gasteiger partial charge in [0.1, 0.15) is 0 Å². The molecule has 3 aromatic rings. The normalized spacial score (nSPS) is 11.1. The van der Waals surface area contributed by atoms with Crippen molar-refractivity contribution in [3.8, 4) is 0 Å². The fourth-order valence-electron chi connectivity index (χ4n) is 2.00. The molecule has 2 heterocycles. The number of rotatable bonds is 2. The second-order valence-electron chi connectivity index (χ2n) is 4.62. The molecule has 7 nitrogen and oxygen atoms in total. The van der Waals surface area contributed by atoms with Gasteiger partial charge in [0, 0.05) is 24.7 Å². The number of nitrogens with zero attached hydrogens (tertiary/aromatic N) is 3. The van der Waals surface area contributed by atoms with E-state index in [1.165, 1.54) is 23.4 Å². The van der Waals surface area contributed by atoms with Gasteiger partial charge >= 0.3 is 5.69 Å². The summed E-state index contributed by atoms with van der Waals surface area (Å²) in [5.41, 5.74) is 6.20. The van der Waals surface area contributed by atoms with Crippen LogP contribution >= 0.6 is 11.8 Å². The van der Waals surface area contributed by atoms with Gasteiger partial charge < -0.3 is 10.7 Å². The van der Waals surface area contributed by atoms with E-state index in [0.29, 0.717) is 22.0 Å². The van der Waals surface area contributed by atoms with Crippen LogP contribution in [0.25, 0.3) is 11.2 Å². The smallest absolute Gasteiger partial charge is 0.332 e. The molecule has 108 valence electrons. The highest BCUT2D eigenvalue weighted by Gasteiger charge is 2.13. The molecule has 2 aromatic heterocycles. The molecular formula is C13H13N5O2S. The minimum absolute atomic E-state index is 0.317. The lowest BCUT2D eigenvalue weighted by Gasteiger charge is -2.00. The summed E-state index contributed by atoms with van der Waals surface area (Å²) in [6.45, 7) is 0. The number of anilines is 1. The molecule has 0 aliphatic rings. The van der Waals surface area contributed by atoms with E-state index in [9.17, 15) is 9.59 Å². The minimum atomic E-state index is -0.400. The second-order valence-corrected chi connectivity index (χ2v) is 5.68. The number of fused-ring (bicyclic) bond motifs is 1. The maximum atomic E-state index is 12.1. The number of hydrogen-bond donors (Lipinski definition) is 2. The van der Waals surface area contributed by atoms with Crippen LogP contribution < -0.4 is 17.0 Å². The number of aromatic amines is 1. The third-order valence-corrected chi connectivity index (χ3v) is 4.06. The maximum absolute atomic E-state index is 12.1. The van der Waals surface area contributed by atoms with E-state index in [1.54, 1.807) is 19.2 Å². The van der Waals surface area contributed by atoms with Crippen molar-refractivity contribution in [1.82, 2.24) is 19.1 Å². The molecular weight excluding hydrogens is 290 g/mol. The molecule has 0 saturated heterocycles. The van der Waals surface area contributed by atoms with Gasteiger partial charge in [-0.1, -0.05) is 11.8 Å². The van der Waals surface area contributed by atoms with Gasteiger partial charge in [0.15, 0.2) is 16.3 Å². The highest BCUT2D eigenvalue weighted by atomic mass is 32.2. The van der Waals surface area contributed by atoms with E-state index in [1.807, 2.05) is 12.1 Å². The molecule has 0 aliphatic carbocycles. The number of benzene rings is 1. The quantitative estimate of drug-likeness (QED) is 0.679. The average Bonchev–Trinajstić information content (AvgIpc) is 2.89. The zero-order valence-corrected chi connectivity index (χ0v) is 12.3. The third kappa shape index (κ3) is 2.23. The number of aryl methyl sites for hydroxylation is 1. The molecule has 0 bridgehead atoms. The van der Waals surface area contributed by atoms with Crippen LogP contribution in [0.3, 0.4) is 0 Å². The van der Waals surface area contributed by atoms with Gasteiger partial charge in [-0.15, -0.1) is 0 Å². The lowest BCUT2D eigenvalue weighted by Crippen LogP contribution is -2.36. The van der Waals surface area contributed by atoms with Crippen molar-refractivity contribution in [2.24, 2.45) is 14.1 Å². The van der Waals surface area contributed by atoms with Crippen LogP contribution in [-0.2, 0) is 14.1 Å². The van der Waals surface area contributed by atoms with Crippen LogP contribution in [-0.4, -0.2) is 19.1 Å². The Morgan fingerprint density at radius 1 is 1.14 bits per heavy atom. The van der Waals surface area contributed by atoms with E-state index in [-0.39, 0.29) is 5.56 Å². The van der Waals surface area contributed by atoms with E-state index < -0.39 is 5.69 Å². The number of nitrogen functional groups attached to an aromatic ring is 1. The van der Waals surface area contributed by atoms with Gasteiger partial charge in [-0.3, -0.25) is 13.9 Å². The Labute approximate surface area is 123 Å². The molecule has 3 rings (SSSR count). The molecule has 1 aromatic carbocycles. The van der Waals surface area contributed by atoms with E-state index in [2.05, 4.69) is 9.97 Å².